The van der Waals surface area contributed by atoms with Crippen molar-refractivity contribution < 1.29 is 27.5 Å². The first-order chi connectivity index (χ1) is 19.6. The number of fused-ring (bicyclic) bond motifs is 2. The summed E-state index contributed by atoms with van der Waals surface area (Å²) in [7, 11) is -1.98. The predicted octanol–water partition coefficient (Wildman–Crippen LogP) is 1.56. The first-order valence-corrected chi connectivity index (χ1v) is 15.6. The molecule has 0 spiro atoms. The molecule has 41 heavy (non-hydrogen) atoms. The number of amides is 3. The van der Waals surface area contributed by atoms with Gasteiger partial charge in [0.05, 0.1) is 25.3 Å². The van der Waals surface area contributed by atoms with Crippen molar-refractivity contribution in [1.82, 2.24) is 29.0 Å². The predicted molar refractivity (Wildman–Crippen MR) is 151 cm³/mol. The van der Waals surface area contributed by atoms with E-state index in [1.165, 1.54) is 9.31 Å². The highest BCUT2D eigenvalue weighted by Gasteiger charge is 2.43. The summed E-state index contributed by atoms with van der Waals surface area (Å²) in [6.45, 7) is 4.32. The Balaban J connectivity index is 1.24. The second-order valence-electron chi connectivity index (χ2n) is 10.8. The van der Waals surface area contributed by atoms with Crippen LogP contribution >= 0.6 is 11.6 Å². The lowest BCUT2D eigenvalue weighted by Gasteiger charge is -2.42. The van der Waals surface area contributed by atoms with Crippen molar-refractivity contribution in [2.24, 2.45) is 5.10 Å². The Morgan fingerprint density at radius 2 is 1.90 bits per heavy atom. The third-order valence-corrected chi connectivity index (χ3v) is 10.4. The van der Waals surface area contributed by atoms with Gasteiger partial charge in [-0.3, -0.25) is 9.69 Å². The number of piperazine rings is 1. The Kier molecular flexibility index (Phi) is 7.61. The number of rotatable bonds is 4. The lowest BCUT2D eigenvalue weighted by molar-refractivity contribution is -0.136. The SMILES string of the molecule is CC1OC2=NN(C(=O)N3CCN(S(=O)(=O)c4cc5cc(Cl)ccc5[nH]4)CC3CC(=O)N3CCOCC3)CCC2N1C. The van der Waals surface area contributed by atoms with Crippen LogP contribution in [-0.4, -0.2) is 133 Å². The van der Waals surface area contributed by atoms with Crippen LogP contribution in [0.15, 0.2) is 34.4 Å². The van der Waals surface area contributed by atoms with Crippen molar-refractivity contribution in [3.8, 4) is 0 Å². The lowest BCUT2D eigenvalue weighted by atomic mass is 10.1. The molecule has 3 saturated heterocycles. The second kappa shape index (κ2) is 11.1. The number of hydrogen-bond acceptors (Lipinski definition) is 8. The van der Waals surface area contributed by atoms with E-state index >= 15 is 0 Å². The van der Waals surface area contributed by atoms with E-state index in [2.05, 4.69) is 15.0 Å². The van der Waals surface area contributed by atoms with Gasteiger partial charge in [0.25, 0.3) is 10.0 Å². The molecule has 15 heteroatoms. The molecule has 0 saturated carbocycles. The highest BCUT2D eigenvalue weighted by molar-refractivity contribution is 7.89. The van der Waals surface area contributed by atoms with E-state index in [0.717, 1.165) is 0 Å². The van der Waals surface area contributed by atoms with E-state index in [1.807, 2.05) is 14.0 Å². The van der Waals surface area contributed by atoms with Crippen molar-refractivity contribution in [1.29, 1.82) is 0 Å². The quantitative estimate of drug-likeness (QED) is 0.558. The number of morpholine rings is 1. The Hall–Kier alpha value is -2.91. The van der Waals surface area contributed by atoms with Gasteiger partial charge in [0.1, 0.15) is 5.03 Å². The van der Waals surface area contributed by atoms with Gasteiger partial charge in [0.15, 0.2) is 6.23 Å². The minimum atomic E-state index is -3.94. The van der Waals surface area contributed by atoms with E-state index in [1.54, 1.807) is 34.1 Å². The number of nitrogens with one attached hydrogen (secondary N) is 1. The molecule has 3 unspecified atom stereocenters. The number of hydrazone groups is 1. The summed E-state index contributed by atoms with van der Waals surface area (Å²) >= 11 is 6.10. The number of carbonyl (C=O) groups is 2. The number of urea groups is 1. The molecule has 0 aliphatic carbocycles. The largest absolute Gasteiger partial charge is 0.460 e. The number of nitrogens with zero attached hydrogens (tertiary/aromatic N) is 6. The van der Waals surface area contributed by atoms with Gasteiger partial charge in [0, 0.05) is 61.6 Å². The standard InChI is InChI=1S/C26H34ClN7O6S/c1-17-30(2)22-5-6-34(29-25(22)40-17)26(36)33-8-7-32(16-20(33)15-24(35)31-9-11-39-12-10-31)41(37,38)23-14-18-13-19(27)3-4-21(18)28-23/h3-4,13-14,17,20,22,28H,5-12,15-16H2,1-2H3. The molecule has 1 aromatic heterocycles. The van der Waals surface area contributed by atoms with Gasteiger partial charge in [-0.25, -0.2) is 18.2 Å². The minimum Gasteiger partial charge on any atom is -0.460 e. The first-order valence-electron chi connectivity index (χ1n) is 13.8. The van der Waals surface area contributed by atoms with Gasteiger partial charge in [-0.1, -0.05) is 11.6 Å². The summed E-state index contributed by atoms with van der Waals surface area (Å²) in [5.41, 5.74) is 0.650. The van der Waals surface area contributed by atoms with Gasteiger partial charge in [-0.2, -0.15) is 4.31 Å². The number of aromatic amines is 1. The van der Waals surface area contributed by atoms with Crippen molar-refractivity contribution in [3.63, 3.8) is 0 Å². The van der Waals surface area contributed by atoms with Crippen molar-refractivity contribution in [3.05, 3.63) is 29.3 Å². The minimum absolute atomic E-state index is 0.0105. The van der Waals surface area contributed by atoms with E-state index < -0.39 is 16.1 Å². The molecule has 4 aliphatic heterocycles. The Labute approximate surface area is 243 Å². The molecule has 222 valence electrons. The van der Waals surface area contributed by atoms with Gasteiger partial charge in [-0.15, -0.1) is 5.10 Å². The molecular weight excluding hydrogens is 574 g/mol. The van der Waals surface area contributed by atoms with Gasteiger partial charge >= 0.3 is 6.03 Å². The first kappa shape index (κ1) is 28.2. The highest BCUT2D eigenvalue weighted by Crippen LogP contribution is 2.29. The van der Waals surface area contributed by atoms with Crippen LogP contribution in [-0.2, 0) is 24.3 Å². The van der Waals surface area contributed by atoms with Gasteiger partial charge in [0.2, 0.25) is 11.8 Å². The summed E-state index contributed by atoms with van der Waals surface area (Å²) < 4.78 is 40.0. The average molecular weight is 608 g/mol. The van der Waals surface area contributed by atoms with Crippen molar-refractivity contribution in [2.45, 2.75) is 43.1 Å². The molecule has 13 nitrogen and oxygen atoms in total. The zero-order chi connectivity index (χ0) is 28.9. The topological polar surface area (TPSA) is 131 Å². The van der Waals surface area contributed by atoms with E-state index in [-0.39, 0.29) is 55.3 Å². The fourth-order valence-electron chi connectivity index (χ4n) is 5.85. The molecule has 0 bridgehead atoms. The number of halogens is 1. The van der Waals surface area contributed by atoms with E-state index in [4.69, 9.17) is 21.1 Å². The Morgan fingerprint density at radius 1 is 1.12 bits per heavy atom. The van der Waals surface area contributed by atoms with Gasteiger partial charge < -0.3 is 24.3 Å². The monoisotopic (exact) mass is 607 g/mol. The number of likely N-dealkylation sites (N-methyl/N-ethyl adjacent to an activating group) is 1. The molecule has 0 radical (unpaired) electrons. The van der Waals surface area contributed by atoms with Crippen LogP contribution in [0.2, 0.25) is 5.02 Å². The zero-order valence-corrected chi connectivity index (χ0v) is 24.6. The number of hydrogen-bond donors (Lipinski definition) is 1. The summed E-state index contributed by atoms with van der Waals surface area (Å²) in [6, 6.07) is 5.65. The van der Waals surface area contributed by atoms with Crippen LogP contribution in [0.3, 0.4) is 0 Å². The van der Waals surface area contributed by atoms with Crippen LogP contribution in [0, 0.1) is 0 Å². The van der Waals surface area contributed by atoms with Crippen LogP contribution in [0.25, 0.3) is 10.9 Å². The lowest BCUT2D eigenvalue weighted by Crippen LogP contribution is -2.60. The Morgan fingerprint density at radius 3 is 2.68 bits per heavy atom. The molecule has 3 amide bonds. The average Bonchev–Trinajstić information content (AvgIpc) is 3.53. The van der Waals surface area contributed by atoms with E-state index in [0.29, 0.717) is 61.1 Å². The number of H-pyrrole nitrogens is 1. The highest BCUT2D eigenvalue weighted by atomic mass is 35.5. The fourth-order valence-corrected chi connectivity index (χ4v) is 7.52. The number of aromatic nitrogens is 1. The molecule has 3 fully saturated rings. The van der Waals surface area contributed by atoms with Crippen LogP contribution in [0.5, 0.6) is 0 Å². The maximum atomic E-state index is 13.8. The van der Waals surface area contributed by atoms with Gasteiger partial charge in [-0.05, 0) is 44.7 Å². The molecule has 5 heterocycles. The second-order valence-corrected chi connectivity index (χ2v) is 13.1. The summed E-state index contributed by atoms with van der Waals surface area (Å²) in [4.78, 5) is 35.4. The molecular formula is C26H34ClN7O6S. The number of sulfonamides is 1. The third kappa shape index (κ3) is 5.39. The van der Waals surface area contributed by atoms with Crippen LogP contribution < -0.4 is 0 Å². The normalized spacial score (nSPS) is 26.2. The van der Waals surface area contributed by atoms with Crippen molar-refractivity contribution in [2.75, 3.05) is 59.5 Å². The summed E-state index contributed by atoms with van der Waals surface area (Å²) in [5.74, 6) is 0.357. The van der Waals surface area contributed by atoms with Crippen LogP contribution in [0.4, 0.5) is 4.79 Å². The molecule has 3 atom stereocenters. The smallest absolute Gasteiger partial charge is 0.340 e. The molecule has 1 N–H and O–H groups in total. The number of ether oxygens (including phenoxy) is 2. The number of carbonyl (C=O) groups excluding carboxylic acids is 2. The zero-order valence-electron chi connectivity index (χ0n) is 23.0. The maximum absolute atomic E-state index is 13.8. The summed E-state index contributed by atoms with van der Waals surface area (Å²) in [5, 5.41) is 7.12. The fraction of sp³-hybridized carbons (Fsp3) is 0.577. The maximum Gasteiger partial charge on any atom is 0.340 e. The van der Waals surface area contributed by atoms with E-state index in [9.17, 15) is 18.0 Å². The molecule has 1 aromatic carbocycles. The molecule has 6 rings (SSSR count). The molecule has 2 aromatic rings. The third-order valence-electron chi connectivity index (χ3n) is 8.34. The summed E-state index contributed by atoms with van der Waals surface area (Å²) in [6.07, 6.45) is 0.521. The Bertz CT molecular complexity index is 1480. The van der Waals surface area contributed by atoms with Crippen molar-refractivity contribution >= 4 is 50.4 Å². The molecule has 4 aliphatic rings. The number of benzene rings is 1. The van der Waals surface area contributed by atoms with Crippen LogP contribution in [0.1, 0.15) is 19.8 Å².